The molecule has 28 heavy (non-hydrogen) atoms. The quantitative estimate of drug-likeness (QED) is 0.816. The third kappa shape index (κ3) is 3.24. The van der Waals surface area contributed by atoms with E-state index in [1.54, 1.807) is 0 Å². The van der Waals surface area contributed by atoms with E-state index < -0.39 is 16.9 Å². The van der Waals surface area contributed by atoms with Crippen molar-refractivity contribution in [3.8, 4) is 0 Å². The lowest BCUT2D eigenvalue weighted by molar-refractivity contribution is -0.0406. The van der Waals surface area contributed by atoms with Gasteiger partial charge in [-0.3, -0.25) is 0 Å². The summed E-state index contributed by atoms with van der Waals surface area (Å²) < 4.78 is 40.9. The first-order valence-electron chi connectivity index (χ1n) is 9.91. The fraction of sp³-hybridized carbons (Fsp3) is 0.579. The summed E-state index contributed by atoms with van der Waals surface area (Å²) in [6.07, 6.45) is 6.10. The van der Waals surface area contributed by atoms with Gasteiger partial charge in [0.25, 0.3) is 5.92 Å². The molecule has 1 atom stereocenters. The predicted molar refractivity (Wildman–Crippen MR) is 102 cm³/mol. The standard InChI is InChI=1S/C19H23F2N5OS/c20-19(21)7-9-26(10-8-19)28(27)18-23-17(24-25-18)22-16-14-5-1-3-12(14)11-13-4-2-6-15(13)16/h11H,1-10H2,(H2,22,23,24,25). The van der Waals surface area contributed by atoms with Crippen LogP contribution in [-0.2, 0) is 36.7 Å². The van der Waals surface area contributed by atoms with Gasteiger partial charge in [-0.05, 0) is 60.8 Å². The highest BCUT2D eigenvalue weighted by Crippen LogP contribution is 2.39. The van der Waals surface area contributed by atoms with Crippen LogP contribution in [0.25, 0.3) is 0 Å². The maximum Gasteiger partial charge on any atom is 0.250 e. The van der Waals surface area contributed by atoms with E-state index in [2.05, 4.69) is 26.6 Å². The fourth-order valence-corrected chi connectivity index (χ4v) is 5.61. The van der Waals surface area contributed by atoms with Crippen LogP contribution in [0.4, 0.5) is 20.4 Å². The number of H-pyrrole nitrogens is 1. The van der Waals surface area contributed by atoms with Crippen LogP contribution in [0.2, 0.25) is 0 Å². The molecule has 1 unspecified atom stereocenters. The Morgan fingerprint density at radius 3 is 2.36 bits per heavy atom. The molecule has 2 aromatic rings. The molecular weight excluding hydrogens is 384 g/mol. The first-order chi connectivity index (χ1) is 13.5. The number of aryl methyl sites for hydroxylation is 2. The molecule has 0 radical (unpaired) electrons. The van der Waals surface area contributed by atoms with Crippen molar-refractivity contribution in [1.82, 2.24) is 19.5 Å². The minimum Gasteiger partial charge on any atom is -0.322 e. The zero-order valence-electron chi connectivity index (χ0n) is 15.6. The molecule has 150 valence electrons. The monoisotopic (exact) mass is 407 g/mol. The zero-order valence-corrected chi connectivity index (χ0v) is 16.4. The third-order valence-corrected chi connectivity index (χ3v) is 7.38. The molecule has 1 aliphatic heterocycles. The maximum atomic E-state index is 13.3. The Labute approximate surface area is 164 Å². The lowest BCUT2D eigenvalue weighted by Gasteiger charge is -2.29. The highest BCUT2D eigenvalue weighted by atomic mass is 32.2. The molecule has 0 spiro atoms. The Balaban J connectivity index is 1.36. The Kier molecular flexibility index (Phi) is 4.46. The molecule has 2 N–H and O–H groups in total. The minimum atomic E-state index is -2.66. The van der Waals surface area contributed by atoms with Crippen molar-refractivity contribution < 1.29 is 13.0 Å². The van der Waals surface area contributed by atoms with Crippen LogP contribution < -0.4 is 5.32 Å². The average molecular weight is 407 g/mol. The van der Waals surface area contributed by atoms with Crippen LogP contribution in [0.5, 0.6) is 0 Å². The SMILES string of the molecule is O=S(c1nc(Nc2c3c(cc4c2CCC4)CCC3)n[nH]1)N1CCC(F)(F)CC1. The summed E-state index contributed by atoms with van der Waals surface area (Å²) in [5.41, 5.74) is 6.66. The van der Waals surface area contributed by atoms with E-state index in [0.717, 1.165) is 44.2 Å². The van der Waals surface area contributed by atoms with Crippen LogP contribution in [-0.4, -0.2) is 42.7 Å². The number of nitrogens with one attached hydrogen (secondary N) is 2. The van der Waals surface area contributed by atoms with Crippen molar-refractivity contribution in [3.63, 3.8) is 0 Å². The Morgan fingerprint density at radius 1 is 1.07 bits per heavy atom. The van der Waals surface area contributed by atoms with E-state index >= 15 is 0 Å². The van der Waals surface area contributed by atoms with E-state index in [0.29, 0.717) is 5.95 Å². The zero-order chi connectivity index (χ0) is 19.3. The number of rotatable bonds is 4. The van der Waals surface area contributed by atoms with Crippen LogP contribution >= 0.6 is 0 Å². The summed E-state index contributed by atoms with van der Waals surface area (Å²) in [7, 11) is -1.61. The van der Waals surface area contributed by atoms with Crippen molar-refractivity contribution in [2.75, 3.05) is 18.4 Å². The lowest BCUT2D eigenvalue weighted by Crippen LogP contribution is -2.40. The van der Waals surface area contributed by atoms with Gasteiger partial charge in [-0.2, -0.15) is 4.98 Å². The molecule has 3 aliphatic rings. The summed E-state index contributed by atoms with van der Waals surface area (Å²) in [4.78, 5) is 4.36. The fourth-order valence-electron chi connectivity index (χ4n) is 4.56. The van der Waals surface area contributed by atoms with Crippen molar-refractivity contribution in [1.29, 1.82) is 0 Å². The smallest absolute Gasteiger partial charge is 0.250 e. The van der Waals surface area contributed by atoms with E-state index in [-0.39, 0.29) is 31.1 Å². The number of hydrogen-bond donors (Lipinski definition) is 2. The molecule has 2 heterocycles. The van der Waals surface area contributed by atoms with Gasteiger partial charge in [0.2, 0.25) is 11.1 Å². The molecule has 9 heteroatoms. The Morgan fingerprint density at radius 2 is 1.71 bits per heavy atom. The summed E-state index contributed by atoms with van der Waals surface area (Å²) in [6, 6.07) is 2.36. The van der Waals surface area contributed by atoms with Crippen LogP contribution in [0, 0.1) is 0 Å². The number of anilines is 2. The van der Waals surface area contributed by atoms with Gasteiger partial charge in [-0.25, -0.2) is 22.4 Å². The number of piperidine rings is 1. The van der Waals surface area contributed by atoms with Crippen molar-refractivity contribution in [2.45, 2.75) is 62.4 Å². The maximum absolute atomic E-state index is 13.3. The summed E-state index contributed by atoms with van der Waals surface area (Å²) >= 11 is 0. The molecule has 1 saturated heterocycles. The van der Waals surface area contributed by atoms with Crippen LogP contribution in [0.1, 0.15) is 47.9 Å². The second-order valence-electron chi connectivity index (χ2n) is 7.86. The second kappa shape index (κ2) is 6.88. The molecule has 0 amide bonds. The highest BCUT2D eigenvalue weighted by Gasteiger charge is 2.36. The first-order valence-corrected chi connectivity index (χ1v) is 11.0. The predicted octanol–water partition coefficient (Wildman–Crippen LogP) is 3.28. The summed E-state index contributed by atoms with van der Waals surface area (Å²) in [5.74, 6) is -2.27. The molecule has 1 aromatic carbocycles. The van der Waals surface area contributed by atoms with E-state index in [1.165, 1.54) is 26.6 Å². The van der Waals surface area contributed by atoms with Gasteiger partial charge in [0.05, 0.1) is 0 Å². The van der Waals surface area contributed by atoms with Crippen LogP contribution in [0.3, 0.4) is 0 Å². The van der Waals surface area contributed by atoms with E-state index in [1.807, 2.05) is 0 Å². The normalized spacial score (nSPS) is 22.1. The number of fused-ring (bicyclic) bond motifs is 2. The Bertz CT molecular complexity index is 902. The number of aromatic nitrogens is 3. The lowest BCUT2D eigenvalue weighted by atomic mass is 9.99. The number of aromatic amines is 1. The highest BCUT2D eigenvalue weighted by molar-refractivity contribution is 7.82. The van der Waals surface area contributed by atoms with Gasteiger partial charge in [-0.1, -0.05) is 6.07 Å². The Hall–Kier alpha value is -1.87. The molecule has 1 fully saturated rings. The van der Waals surface area contributed by atoms with Gasteiger partial charge in [0, 0.05) is 31.6 Å². The van der Waals surface area contributed by atoms with Crippen LogP contribution in [0.15, 0.2) is 11.2 Å². The summed E-state index contributed by atoms with van der Waals surface area (Å²) in [6.45, 7) is 0.172. The average Bonchev–Trinajstić information content (AvgIpc) is 3.41. The molecule has 0 bridgehead atoms. The largest absolute Gasteiger partial charge is 0.322 e. The topological polar surface area (TPSA) is 73.9 Å². The first kappa shape index (κ1) is 18.2. The number of halogens is 2. The molecule has 6 nitrogen and oxygen atoms in total. The van der Waals surface area contributed by atoms with Crippen molar-refractivity contribution in [3.05, 3.63) is 28.3 Å². The number of nitrogens with zero attached hydrogens (tertiary/aromatic N) is 3. The van der Waals surface area contributed by atoms with Crippen molar-refractivity contribution >= 4 is 22.6 Å². The van der Waals surface area contributed by atoms with Gasteiger partial charge in [0.15, 0.2) is 11.0 Å². The number of hydrogen-bond acceptors (Lipinski definition) is 4. The molecule has 0 saturated carbocycles. The third-order valence-electron chi connectivity index (χ3n) is 6.03. The van der Waals surface area contributed by atoms with Gasteiger partial charge >= 0.3 is 0 Å². The molecule has 5 rings (SSSR count). The second-order valence-corrected chi connectivity index (χ2v) is 9.26. The molecular formula is C19H23F2N5OS. The number of benzene rings is 1. The van der Waals surface area contributed by atoms with Gasteiger partial charge in [0.1, 0.15) is 0 Å². The van der Waals surface area contributed by atoms with E-state index in [4.69, 9.17) is 0 Å². The van der Waals surface area contributed by atoms with Gasteiger partial charge in [-0.15, -0.1) is 5.10 Å². The van der Waals surface area contributed by atoms with E-state index in [9.17, 15) is 13.0 Å². The van der Waals surface area contributed by atoms with Crippen molar-refractivity contribution in [2.24, 2.45) is 0 Å². The molecule has 1 aromatic heterocycles. The van der Waals surface area contributed by atoms with Gasteiger partial charge < -0.3 is 5.32 Å². The molecule has 2 aliphatic carbocycles. The summed E-state index contributed by atoms with van der Waals surface area (Å²) in [5, 5.41) is 10.5. The number of alkyl halides is 2. The minimum absolute atomic E-state index is 0.0861.